The Morgan fingerprint density at radius 1 is 1.64 bits per heavy atom. The molecule has 1 atom stereocenters. The molecule has 0 aromatic carbocycles. The van der Waals surface area contributed by atoms with Crippen molar-refractivity contribution < 1.29 is 4.79 Å². The highest BCUT2D eigenvalue weighted by Gasteiger charge is 2.38. The highest BCUT2D eigenvalue weighted by atomic mass is 16.1. The predicted molar refractivity (Wildman–Crippen MR) is 42.7 cm³/mol. The van der Waals surface area contributed by atoms with Crippen LogP contribution in [0.1, 0.15) is 19.8 Å². The second kappa shape index (κ2) is 1.97. The van der Waals surface area contributed by atoms with Gasteiger partial charge in [-0.05, 0) is 12.5 Å². The lowest BCUT2D eigenvalue weighted by Gasteiger charge is -2.23. The van der Waals surface area contributed by atoms with E-state index in [1.165, 1.54) is 0 Å². The molecule has 1 heterocycles. The van der Waals surface area contributed by atoms with E-state index in [4.69, 9.17) is 0 Å². The summed E-state index contributed by atoms with van der Waals surface area (Å²) < 4.78 is 0. The summed E-state index contributed by atoms with van der Waals surface area (Å²) in [6, 6.07) is 0. The van der Waals surface area contributed by atoms with E-state index in [0.717, 1.165) is 12.1 Å². The van der Waals surface area contributed by atoms with E-state index in [2.05, 4.69) is 18.3 Å². The van der Waals surface area contributed by atoms with Gasteiger partial charge >= 0.3 is 0 Å². The normalized spacial score (nSPS) is 34.6. The number of hydrogen-bond acceptors (Lipinski definition) is 1. The second-order valence-electron chi connectivity index (χ2n) is 3.50. The Kier molecular flexibility index (Phi) is 1.19. The van der Waals surface area contributed by atoms with Gasteiger partial charge in [0.2, 0.25) is 5.91 Å². The van der Waals surface area contributed by atoms with Gasteiger partial charge in [-0.15, -0.1) is 0 Å². The molecule has 11 heavy (non-hydrogen) atoms. The highest BCUT2D eigenvalue weighted by Crippen LogP contribution is 2.40. The quantitative estimate of drug-likeness (QED) is 0.553. The number of fused-ring (bicyclic) bond motifs is 1. The second-order valence-corrected chi connectivity index (χ2v) is 3.50. The first kappa shape index (κ1) is 6.65. The molecule has 2 rings (SSSR count). The SMILES string of the molecule is CC12CC=CC=C1NC(=O)C2. The molecular weight excluding hydrogens is 138 g/mol. The van der Waals surface area contributed by atoms with E-state index in [9.17, 15) is 4.79 Å². The number of hydrogen-bond donors (Lipinski definition) is 1. The molecule has 0 radical (unpaired) electrons. The minimum absolute atomic E-state index is 0.0752. The van der Waals surface area contributed by atoms with Crippen molar-refractivity contribution in [3.8, 4) is 0 Å². The molecule has 58 valence electrons. The van der Waals surface area contributed by atoms with Gasteiger partial charge in [0.25, 0.3) is 0 Å². The van der Waals surface area contributed by atoms with Gasteiger partial charge < -0.3 is 5.32 Å². The van der Waals surface area contributed by atoms with E-state index in [1.807, 2.05) is 12.2 Å². The summed E-state index contributed by atoms with van der Waals surface area (Å²) in [6.45, 7) is 2.13. The van der Waals surface area contributed by atoms with Crippen molar-refractivity contribution in [2.24, 2.45) is 5.41 Å². The number of carbonyl (C=O) groups is 1. The maximum Gasteiger partial charge on any atom is 0.225 e. The molecule has 1 saturated heterocycles. The summed E-state index contributed by atoms with van der Waals surface area (Å²) in [5.74, 6) is 0.155. The zero-order valence-corrected chi connectivity index (χ0v) is 6.55. The zero-order chi connectivity index (χ0) is 7.90. The number of amides is 1. The summed E-state index contributed by atoms with van der Waals surface area (Å²) in [6.07, 6.45) is 7.74. The van der Waals surface area contributed by atoms with Crippen molar-refractivity contribution in [2.45, 2.75) is 19.8 Å². The highest BCUT2D eigenvalue weighted by molar-refractivity contribution is 5.83. The summed E-state index contributed by atoms with van der Waals surface area (Å²) in [5.41, 5.74) is 1.16. The van der Waals surface area contributed by atoms with Gasteiger partial charge in [-0.3, -0.25) is 4.79 Å². The lowest BCUT2D eigenvalue weighted by Crippen LogP contribution is -2.18. The van der Waals surface area contributed by atoms with Crippen molar-refractivity contribution in [2.75, 3.05) is 0 Å². The predicted octanol–water partition coefficient (Wildman–Crippen LogP) is 1.36. The van der Waals surface area contributed by atoms with Crippen molar-refractivity contribution in [1.82, 2.24) is 5.32 Å². The molecule has 1 N–H and O–H groups in total. The molecule has 1 amide bonds. The van der Waals surface area contributed by atoms with Crippen LogP contribution in [-0.2, 0) is 4.79 Å². The van der Waals surface area contributed by atoms with Gasteiger partial charge in [-0.1, -0.05) is 19.1 Å². The minimum atomic E-state index is 0.0752. The van der Waals surface area contributed by atoms with Crippen molar-refractivity contribution in [3.05, 3.63) is 23.9 Å². The molecule has 0 bridgehead atoms. The number of nitrogens with one attached hydrogen (secondary N) is 1. The molecule has 2 heteroatoms. The maximum absolute atomic E-state index is 11.0. The summed E-state index contributed by atoms with van der Waals surface area (Å²) in [7, 11) is 0. The number of allylic oxidation sites excluding steroid dienone is 4. The third kappa shape index (κ3) is 0.897. The number of carbonyl (C=O) groups excluding carboxylic acids is 1. The molecule has 0 spiro atoms. The minimum Gasteiger partial charge on any atom is -0.329 e. The molecule has 0 aromatic rings. The average Bonchev–Trinajstić information content (AvgIpc) is 2.22. The Morgan fingerprint density at radius 3 is 3.18 bits per heavy atom. The van der Waals surface area contributed by atoms with Gasteiger partial charge in [0, 0.05) is 17.5 Å². The zero-order valence-electron chi connectivity index (χ0n) is 6.55. The van der Waals surface area contributed by atoms with Crippen LogP contribution >= 0.6 is 0 Å². The molecule has 0 saturated carbocycles. The Balaban J connectivity index is 2.37. The van der Waals surface area contributed by atoms with Crippen molar-refractivity contribution in [3.63, 3.8) is 0 Å². The molecule has 1 aliphatic heterocycles. The van der Waals surface area contributed by atoms with Crippen LogP contribution in [0.4, 0.5) is 0 Å². The van der Waals surface area contributed by atoms with E-state index in [0.29, 0.717) is 6.42 Å². The fourth-order valence-electron chi connectivity index (χ4n) is 1.71. The molecule has 1 unspecified atom stereocenters. The Labute approximate surface area is 66.0 Å². The Morgan fingerprint density at radius 2 is 2.45 bits per heavy atom. The van der Waals surface area contributed by atoms with Crippen LogP contribution in [0.2, 0.25) is 0 Å². The van der Waals surface area contributed by atoms with E-state index >= 15 is 0 Å². The molecular formula is C9H11NO. The van der Waals surface area contributed by atoms with E-state index in [-0.39, 0.29) is 11.3 Å². The summed E-state index contributed by atoms with van der Waals surface area (Å²) >= 11 is 0. The molecule has 0 aromatic heterocycles. The van der Waals surface area contributed by atoms with Crippen LogP contribution in [-0.4, -0.2) is 5.91 Å². The van der Waals surface area contributed by atoms with Gasteiger partial charge in [0.15, 0.2) is 0 Å². The first-order valence-electron chi connectivity index (χ1n) is 3.88. The molecule has 1 aliphatic carbocycles. The first-order valence-corrected chi connectivity index (χ1v) is 3.88. The van der Waals surface area contributed by atoms with E-state index < -0.39 is 0 Å². The van der Waals surface area contributed by atoms with Crippen LogP contribution in [0.3, 0.4) is 0 Å². The van der Waals surface area contributed by atoms with E-state index in [1.54, 1.807) is 0 Å². The van der Waals surface area contributed by atoms with Crippen LogP contribution in [0.25, 0.3) is 0 Å². The van der Waals surface area contributed by atoms with Gasteiger partial charge in [-0.25, -0.2) is 0 Å². The largest absolute Gasteiger partial charge is 0.329 e. The number of rotatable bonds is 0. The van der Waals surface area contributed by atoms with Crippen LogP contribution < -0.4 is 5.32 Å². The van der Waals surface area contributed by atoms with Gasteiger partial charge in [0.1, 0.15) is 0 Å². The first-order chi connectivity index (χ1) is 5.21. The lowest BCUT2D eigenvalue weighted by molar-refractivity contribution is -0.119. The summed E-state index contributed by atoms with van der Waals surface area (Å²) in [4.78, 5) is 11.0. The standard InChI is InChI=1S/C9H11NO/c1-9-5-3-2-4-7(9)10-8(11)6-9/h2-4H,5-6H2,1H3,(H,10,11). The molecule has 1 fully saturated rings. The van der Waals surface area contributed by atoms with Crippen molar-refractivity contribution in [1.29, 1.82) is 0 Å². The monoisotopic (exact) mass is 149 g/mol. The van der Waals surface area contributed by atoms with Crippen LogP contribution in [0.5, 0.6) is 0 Å². The van der Waals surface area contributed by atoms with Crippen LogP contribution in [0, 0.1) is 5.41 Å². The van der Waals surface area contributed by atoms with Gasteiger partial charge in [-0.2, -0.15) is 0 Å². The smallest absolute Gasteiger partial charge is 0.225 e. The fourth-order valence-corrected chi connectivity index (χ4v) is 1.71. The topological polar surface area (TPSA) is 29.1 Å². The average molecular weight is 149 g/mol. The maximum atomic E-state index is 11.0. The molecule has 2 aliphatic rings. The van der Waals surface area contributed by atoms with Crippen LogP contribution in [0.15, 0.2) is 23.9 Å². The molecule has 2 nitrogen and oxygen atoms in total. The Bertz CT molecular complexity index is 265. The third-order valence-corrected chi connectivity index (χ3v) is 2.44. The summed E-state index contributed by atoms with van der Waals surface area (Å²) in [5, 5.41) is 2.87. The van der Waals surface area contributed by atoms with Crippen molar-refractivity contribution >= 4 is 5.91 Å². The third-order valence-electron chi connectivity index (χ3n) is 2.44. The Hall–Kier alpha value is -1.05. The van der Waals surface area contributed by atoms with Gasteiger partial charge in [0.05, 0.1) is 0 Å². The fraction of sp³-hybridized carbons (Fsp3) is 0.444. The lowest BCUT2D eigenvalue weighted by atomic mass is 9.80.